The lowest BCUT2D eigenvalue weighted by Gasteiger charge is -2.06. The second kappa shape index (κ2) is 5.83. The van der Waals surface area contributed by atoms with E-state index in [0.29, 0.717) is 25.0 Å². The first kappa shape index (κ1) is 13.4. The van der Waals surface area contributed by atoms with Crippen molar-refractivity contribution in [3.05, 3.63) is 35.9 Å². The number of anilines is 1. The fourth-order valence-corrected chi connectivity index (χ4v) is 1.86. The Morgan fingerprint density at radius 3 is 2.86 bits per heavy atom. The SMILES string of the molecule is Cc1cnn(CCNc2nc(Cl)nc(-n3cncn3)n2)c1. The van der Waals surface area contributed by atoms with E-state index < -0.39 is 0 Å². The third-order valence-electron chi connectivity index (χ3n) is 2.61. The zero-order valence-corrected chi connectivity index (χ0v) is 11.9. The summed E-state index contributed by atoms with van der Waals surface area (Å²) in [7, 11) is 0. The molecule has 0 aliphatic heterocycles. The van der Waals surface area contributed by atoms with Gasteiger partial charge in [-0.05, 0) is 24.1 Å². The Bertz CT molecular complexity index is 721. The maximum absolute atomic E-state index is 5.88. The molecule has 0 amide bonds. The fraction of sp³-hybridized carbons (Fsp3) is 0.273. The average Bonchev–Trinajstić information content (AvgIpc) is 3.10. The van der Waals surface area contributed by atoms with Gasteiger partial charge >= 0.3 is 0 Å². The predicted octanol–water partition coefficient (Wildman–Crippen LogP) is 0.723. The van der Waals surface area contributed by atoms with Gasteiger partial charge in [0.1, 0.15) is 12.7 Å². The van der Waals surface area contributed by atoms with E-state index in [9.17, 15) is 0 Å². The Kier molecular flexibility index (Phi) is 3.73. The van der Waals surface area contributed by atoms with Gasteiger partial charge in [0.2, 0.25) is 11.2 Å². The summed E-state index contributed by atoms with van der Waals surface area (Å²) in [5.41, 5.74) is 1.12. The molecule has 21 heavy (non-hydrogen) atoms. The number of halogens is 1. The monoisotopic (exact) mass is 305 g/mol. The molecule has 1 N–H and O–H groups in total. The number of aryl methyl sites for hydroxylation is 1. The summed E-state index contributed by atoms with van der Waals surface area (Å²) < 4.78 is 3.25. The van der Waals surface area contributed by atoms with E-state index in [1.165, 1.54) is 17.3 Å². The molecular formula is C11H12ClN9. The lowest BCUT2D eigenvalue weighted by Crippen LogP contribution is -2.14. The molecule has 0 fully saturated rings. The van der Waals surface area contributed by atoms with Gasteiger partial charge in [0.15, 0.2) is 0 Å². The number of nitrogens with one attached hydrogen (secondary N) is 1. The van der Waals surface area contributed by atoms with Crippen LogP contribution in [0.25, 0.3) is 5.95 Å². The van der Waals surface area contributed by atoms with Gasteiger partial charge in [-0.1, -0.05) is 0 Å². The van der Waals surface area contributed by atoms with Crippen molar-refractivity contribution in [1.82, 2.24) is 39.5 Å². The summed E-state index contributed by atoms with van der Waals surface area (Å²) in [5, 5.41) is 11.3. The fourth-order valence-electron chi connectivity index (χ4n) is 1.70. The summed E-state index contributed by atoms with van der Waals surface area (Å²) in [6.07, 6.45) is 6.65. The Morgan fingerprint density at radius 2 is 2.14 bits per heavy atom. The van der Waals surface area contributed by atoms with Crippen molar-refractivity contribution in [3.63, 3.8) is 0 Å². The normalized spacial score (nSPS) is 10.8. The quantitative estimate of drug-likeness (QED) is 0.741. The third kappa shape index (κ3) is 3.31. The standard InChI is InChI=1S/C11H12ClN9/c1-8-4-15-20(5-8)3-2-14-10-17-9(12)18-11(19-10)21-7-13-6-16-21/h4-7H,2-3H2,1H3,(H,14,17,18,19). The highest BCUT2D eigenvalue weighted by Gasteiger charge is 2.07. The molecule has 3 aromatic rings. The zero-order valence-electron chi connectivity index (χ0n) is 11.2. The Hall–Kier alpha value is -2.55. The van der Waals surface area contributed by atoms with E-state index in [4.69, 9.17) is 11.6 Å². The second-order valence-corrected chi connectivity index (χ2v) is 4.61. The molecular weight excluding hydrogens is 294 g/mol. The van der Waals surface area contributed by atoms with Crippen molar-refractivity contribution in [1.29, 1.82) is 0 Å². The van der Waals surface area contributed by atoms with Crippen molar-refractivity contribution in [2.75, 3.05) is 11.9 Å². The van der Waals surface area contributed by atoms with Crippen molar-refractivity contribution in [2.24, 2.45) is 0 Å². The molecule has 3 rings (SSSR count). The first-order valence-corrected chi connectivity index (χ1v) is 6.58. The van der Waals surface area contributed by atoms with Crippen LogP contribution in [0.1, 0.15) is 5.56 Å². The van der Waals surface area contributed by atoms with Gasteiger partial charge < -0.3 is 5.32 Å². The minimum Gasteiger partial charge on any atom is -0.352 e. The summed E-state index contributed by atoms with van der Waals surface area (Å²) >= 11 is 5.88. The number of rotatable bonds is 5. The maximum atomic E-state index is 5.88. The molecule has 10 heteroatoms. The van der Waals surface area contributed by atoms with E-state index in [1.54, 1.807) is 0 Å². The molecule has 0 spiro atoms. The molecule has 0 aliphatic rings. The summed E-state index contributed by atoms with van der Waals surface area (Å²) in [4.78, 5) is 16.1. The van der Waals surface area contributed by atoms with Crippen LogP contribution >= 0.6 is 11.6 Å². The lowest BCUT2D eigenvalue weighted by molar-refractivity contribution is 0.635. The molecule has 0 bridgehead atoms. The van der Waals surface area contributed by atoms with Crippen molar-refractivity contribution >= 4 is 17.5 Å². The van der Waals surface area contributed by atoms with Crippen LogP contribution in [-0.4, -0.2) is 46.0 Å². The molecule has 3 aromatic heterocycles. The van der Waals surface area contributed by atoms with Crippen LogP contribution in [0.15, 0.2) is 25.0 Å². The van der Waals surface area contributed by atoms with Crippen LogP contribution < -0.4 is 5.32 Å². The maximum Gasteiger partial charge on any atom is 0.258 e. The van der Waals surface area contributed by atoms with Crippen molar-refractivity contribution < 1.29 is 0 Å². The smallest absolute Gasteiger partial charge is 0.258 e. The highest BCUT2D eigenvalue weighted by atomic mass is 35.5. The largest absolute Gasteiger partial charge is 0.352 e. The molecule has 9 nitrogen and oxygen atoms in total. The van der Waals surface area contributed by atoms with E-state index >= 15 is 0 Å². The molecule has 0 atom stereocenters. The van der Waals surface area contributed by atoms with Gasteiger partial charge in [-0.25, -0.2) is 4.98 Å². The summed E-state index contributed by atoms with van der Waals surface area (Å²) in [6.45, 7) is 3.29. The topological polar surface area (TPSA) is 99.2 Å². The second-order valence-electron chi connectivity index (χ2n) is 4.28. The van der Waals surface area contributed by atoms with Crippen LogP contribution in [0.4, 0.5) is 5.95 Å². The van der Waals surface area contributed by atoms with Crippen molar-refractivity contribution in [3.8, 4) is 5.95 Å². The van der Waals surface area contributed by atoms with Crippen molar-refractivity contribution in [2.45, 2.75) is 13.5 Å². The molecule has 0 saturated heterocycles. The zero-order chi connectivity index (χ0) is 14.7. The van der Waals surface area contributed by atoms with E-state index in [-0.39, 0.29) is 5.28 Å². The highest BCUT2D eigenvalue weighted by Crippen LogP contribution is 2.08. The van der Waals surface area contributed by atoms with Gasteiger partial charge in [0.25, 0.3) is 5.95 Å². The van der Waals surface area contributed by atoms with Gasteiger partial charge in [0, 0.05) is 12.7 Å². The number of hydrogen-bond donors (Lipinski definition) is 1. The van der Waals surface area contributed by atoms with Gasteiger partial charge in [-0.15, -0.1) is 0 Å². The molecule has 0 unspecified atom stereocenters. The summed E-state index contributed by atoms with van der Waals surface area (Å²) in [5.74, 6) is 0.689. The van der Waals surface area contributed by atoms with E-state index in [2.05, 4.69) is 35.5 Å². The number of aromatic nitrogens is 8. The molecule has 108 valence electrons. The number of hydrogen-bond acceptors (Lipinski definition) is 7. The molecule has 0 radical (unpaired) electrons. The van der Waals surface area contributed by atoms with Crippen LogP contribution in [-0.2, 0) is 6.54 Å². The lowest BCUT2D eigenvalue weighted by atomic mass is 10.4. The molecule has 0 aromatic carbocycles. The average molecular weight is 306 g/mol. The van der Waals surface area contributed by atoms with E-state index in [1.807, 2.05) is 24.0 Å². The van der Waals surface area contributed by atoms with Crippen LogP contribution in [0.3, 0.4) is 0 Å². The van der Waals surface area contributed by atoms with Gasteiger partial charge in [-0.2, -0.15) is 29.8 Å². The van der Waals surface area contributed by atoms with Crippen LogP contribution in [0.5, 0.6) is 0 Å². The Labute approximate surface area is 125 Å². The molecule has 3 heterocycles. The molecule has 0 saturated carbocycles. The van der Waals surface area contributed by atoms with Crippen LogP contribution in [0, 0.1) is 6.92 Å². The minimum atomic E-state index is 0.0907. The Morgan fingerprint density at radius 1 is 1.24 bits per heavy atom. The molecule has 0 aliphatic carbocycles. The number of nitrogens with zero attached hydrogens (tertiary/aromatic N) is 8. The Balaban J connectivity index is 1.68. The minimum absolute atomic E-state index is 0.0907. The third-order valence-corrected chi connectivity index (χ3v) is 2.78. The van der Waals surface area contributed by atoms with E-state index in [0.717, 1.165) is 5.56 Å². The highest BCUT2D eigenvalue weighted by molar-refractivity contribution is 6.28. The van der Waals surface area contributed by atoms with Gasteiger partial charge in [-0.3, -0.25) is 4.68 Å². The first-order valence-electron chi connectivity index (χ1n) is 6.20. The first-order chi connectivity index (χ1) is 10.2. The predicted molar refractivity (Wildman–Crippen MR) is 75.2 cm³/mol. The van der Waals surface area contributed by atoms with Gasteiger partial charge in [0.05, 0.1) is 12.7 Å². The van der Waals surface area contributed by atoms with Crippen LogP contribution in [0.2, 0.25) is 5.28 Å². The summed E-state index contributed by atoms with van der Waals surface area (Å²) in [6, 6.07) is 0.